The van der Waals surface area contributed by atoms with E-state index in [0.717, 1.165) is 5.56 Å². The monoisotopic (exact) mass is 269 g/mol. The summed E-state index contributed by atoms with van der Waals surface area (Å²) in [7, 11) is 0. The van der Waals surface area contributed by atoms with Gasteiger partial charge in [-0.15, -0.1) is 0 Å². The van der Waals surface area contributed by atoms with Crippen molar-refractivity contribution in [2.24, 2.45) is 0 Å². The van der Waals surface area contributed by atoms with Crippen molar-refractivity contribution in [1.82, 2.24) is 5.32 Å². The van der Waals surface area contributed by atoms with Crippen LogP contribution in [0.25, 0.3) is 0 Å². The summed E-state index contributed by atoms with van der Waals surface area (Å²) in [6, 6.07) is 8.41. The maximum Gasteiger partial charge on any atom is 0.321 e. The zero-order chi connectivity index (χ0) is 13.4. The second-order valence-corrected chi connectivity index (χ2v) is 3.97. The number of benzene rings is 1. The number of carboxylic acid groups (broad SMARTS) is 1. The molecule has 1 aromatic rings. The summed E-state index contributed by atoms with van der Waals surface area (Å²) in [6.45, 7) is 0.0321. The molecule has 1 aromatic carbocycles. The van der Waals surface area contributed by atoms with Gasteiger partial charge in [-0.2, -0.15) is 12.6 Å². The topological polar surface area (TPSA) is 75.6 Å². The molecule has 0 aliphatic heterocycles. The Morgan fingerprint density at radius 2 is 2.00 bits per heavy atom. The van der Waals surface area contributed by atoms with Crippen LogP contribution in [0, 0.1) is 0 Å². The van der Waals surface area contributed by atoms with E-state index in [2.05, 4.69) is 17.9 Å². The van der Waals surface area contributed by atoms with Gasteiger partial charge in [0, 0.05) is 5.75 Å². The number of carbonyl (C=O) groups is 2. The van der Waals surface area contributed by atoms with Gasteiger partial charge in [0.15, 0.2) is 0 Å². The molecule has 1 atom stereocenters. The first-order valence-electron chi connectivity index (χ1n) is 5.40. The van der Waals surface area contributed by atoms with Crippen LogP contribution in [0.15, 0.2) is 30.3 Å². The average Bonchev–Trinajstić information content (AvgIpc) is 2.38. The van der Waals surface area contributed by atoms with E-state index in [9.17, 15) is 9.59 Å². The van der Waals surface area contributed by atoms with Gasteiger partial charge >= 0.3 is 11.9 Å². The lowest BCUT2D eigenvalue weighted by molar-refractivity contribution is -0.144. The number of hydrogen-bond donors (Lipinski definition) is 3. The third kappa shape index (κ3) is 5.20. The second-order valence-electron chi connectivity index (χ2n) is 3.60. The zero-order valence-electron chi connectivity index (χ0n) is 9.70. The van der Waals surface area contributed by atoms with Gasteiger partial charge in [-0.3, -0.25) is 14.9 Å². The highest BCUT2D eigenvalue weighted by molar-refractivity contribution is 7.80. The van der Waals surface area contributed by atoms with E-state index in [1.165, 1.54) is 0 Å². The minimum atomic E-state index is -1.04. The summed E-state index contributed by atoms with van der Waals surface area (Å²) in [5, 5.41) is 11.3. The average molecular weight is 269 g/mol. The van der Waals surface area contributed by atoms with E-state index < -0.39 is 18.0 Å². The molecule has 2 N–H and O–H groups in total. The van der Waals surface area contributed by atoms with Crippen LogP contribution >= 0.6 is 12.6 Å². The molecule has 0 saturated carbocycles. The molecule has 0 aliphatic rings. The van der Waals surface area contributed by atoms with Crippen LogP contribution in [0.5, 0.6) is 0 Å². The third-order valence-corrected chi connectivity index (χ3v) is 2.58. The lowest BCUT2D eigenvalue weighted by Crippen LogP contribution is -2.41. The van der Waals surface area contributed by atoms with Gasteiger partial charge in [-0.05, 0) is 5.56 Å². The molecule has 1 rings (SSSR count). The van der Waals surface area contributed by atoms with Gasteiger partial charge in [0.05, 0.1) is 6.54 Å². The van der Waals surface area contributed by atoms with Crippen molar-refractivity contribution >= 4 is 24.6 Å². The van der Waals surface area contributed by atoms with Gasteiger partial charge < -0.3 is 9.84 Å². The van der Waals surface area contributed by atoms with Crippen LogP contribution in [0.3, 0.4) is 0 Å². The quantitative estimate of drug-likeness (QED) is 0.502. The number of hydrogen-bond acceptors (Lipinski definition) is 5. The fourth-order valence-electron chi connectivity index (χ4n) is 1.23. The van der Waals surface area contributed by atoms with E-state index >= 15 is 0 Å². The molecule has 0 amide bonds. The molecule has 5 nitrogen and oxygen atoms in total. The lowest BCUT2D eigenvalue weighted by Gasteiger charge is -2.11. The van der Waals surface area contributed by atoms with Crippen LogP contribution in [0.2, 0.25) is 0 Å². The Bertz CT molecular complexity index is 396. The predicted octanol–water partition coefficient (Wildman–Crippen LogP) is 0.702. The third-order valence-electron chi connectivity index (χ3n) is 2.22. The Hall–Kier alpha value is -1.53. The van der Waals surface area contributed by atoms with E-state index in [1.54, 1.807) is 0 Å². The molecule has 0 saturated heterocycles. The number of esters is 1. The minimum absolute atomic E-state index is 0.112. The summed E-state index contributed by atoms with van der Waals surface area (Å²) in [5.74, 6) is -1.42. The number of ether oxygens (including phenoxy) is 1. The molecule has 0 fully saturated rings. The number of carboxylic acids is 1. The first-order valence-corrected chi connectivity index (χ1v) is 6.03. The minimum Gasteiger partial charge on any atom is -0.480 e. The Morgan fingerprint density at radius 3 is 2.56 bits per heavy atom. The first-order chi connectivity index (χ1) is 8.63. The maximum absolute atomic E-state index is 11.4. The highest BCUT2D eigenvalue weighted by Crippen LogP contribution is 2.00. The molecule has 0 unspecified atom stereocenters. The highest BCUT2D eigenvalue weighted by atomic mass is 32.1. The number of thiol groups is 1. The van der Waals surface area contributed by atoms with Gasteiger partial charge in [0.25, 0.3) is 0 Å². The SMILES string of the molecule is O=C(CN[C@H](CS)C(=O)O)OCc1ccccc1. The maximum atomic E-state index is 11.4. The first kappa shape index (κ1) is 14.5. The summed E-state index contributed by atoms with van der Waals surface area (Å²) in [6.07, 6.45) is 0. The van der Waals surface area contributed by atoms with Crippen molar-refractivity contribution in [2.45, 2.75) is 12.6 Å². The van der Waals surface area contributed by atoms with Crippen molar-refractivity contribution < 1.29 is 19.4 Å². The fraction of sp³-hybridized carbons (Fsp3) is 0.333. The molecule has 0 aliphatic carbocycles. The normalized spacial score (nSPS) is 11.8. The van der Waals surface area contributed by atoms with E-state index in [1.807, 2.05) is 30.3 Å². The van der Waals surface area contributed by atoms with Crippen molar-refractivity contribution in [2.75, 3.05) is 12.3 Å². The lowest BCUT2D eigenvalue weighted by atomic mass is 10.2. The summed E-state index contributed by atoms with van der Waals surface area (Å²) < 4.78 is 4.98. The second kappa shape index (κ2) is 7.73. The molecular weight excluding hydrogens is 254 g/mol. The van der Waals surface area contributed by atoms with Crippen molar-refractivity contribution in [3.63, 3.8) is 0 Å². The molecule has 0 radical (unpaired) electrons. The van der Waals surface area contributed by atoms with E-state index in [0.29, 0.717) is 0 Å². The van der Waals surface area contributed by atoms with E-state index in [4.69, 9.17) is 9.84 Å². The summed E-state index contributed by atoms with van der Waals surface area (Å²) in [5.41, 5.74) is 0.884. The van der Waals surface area contributed by atoms with Crippen molar-refractivity contribution in [3.8, 4) is 0 Å². The summed E-state index contributed by atoms with van der Waals surface area (Å²) in [4.78, 5) is 22.0. The molecule has 0 spiro atoms. The van der Waals surface area contributed by atoms with Crippen LogP contribution in [-0.2, 0) is 20.9 Å². The van der Waals surface area contributed by atoms with Crippen LogP contribution in [-0.4, -0.2) is 35.4 Å². The Morgan fingerprint density at radius 1 is 1.33 bits per heavy atom. The van der Waals surface area contributed by atoms with Gasteiger partial charge in [0.1, 0.15) is 12.6 Å². The predicted molar refractivity (Wildman–Crippen MR) is 69.5 cm³/mol. The van der Waals surface area contributed by atoms with Crippen LogP contribution in [0.1, 0.15) is 5.56 Å². The van der Waals surface area contributed by atoms with Crippen LogP contribution in [0.4, 0.5) is 0 Å². The molecule has 6 heteroatoms. The standard InChI is InChI=1S/C12H15NO4S/c14-11(6-13-10(8-18)12(15)16)17-7-9-4-2-1-3-5-9/h1-5,10,13,18H,6-8H2,(H,15,16)/t10-/m1/s1. The van der Waals surface area contributed by atoms with Gasteiger partial charge in [0.2, 0.25) is 0 Å². The summed E-state index contributed by atoms with van der Waals surface area (Å²) >= 11 is 3.87. The Kier molecular flexibility index (Phi) is 6.24. The van der Waals surface area contributed by atoms with Gasteiger partial charge in [-0.1, -0.05) is 30.3 Å². The zero-order valence-corrected chi connectivity index (χ0v) is 10.6. The van der Waals surface area contributed by atoms with E-state index in [-0.39, 0.29) is 18.9 Å². The molecule has 98 valence electrons. The van der Waals surface area contributed by atoms with Gasteiger partial charge in [-0.25, -0.2) is 0 Å². The number of aliphatic carboxylic acids is 1. The van der Waals surface area contributed by atoms with Crippen LogP contribution < -0.4 is 5.32 Å². The van der Waals surface area contributed by atoms with Crippen molar-refractivity contribution in [3.05, 3.63) is 35.9 Å². The molecule has 0 aromatic heterocycles. The molecule has 0 bridgehead atoms. The highest BCUT2D eigenvalue weighted by Gasteiger charge is 2.16. The number of rotatable bonds is 7. The fourth-order valence-corrected chi connectivity index (χ4v) is 1.51. The number of carbonyl (C=O) groups excluding carboxylic acids is 1. The molecular formula is C12H15NO4S. The number of nitrogens with one attached hydrogen (secondary N) is 1. The molecule has 0 heterocycles. The molecule has 18 heavy (non-hydrogen) atoms. The Balaban J connectivity index is 2.28. The largest absolute Gasteiger partial charge is 0.480 e. The Labute approximate surface area is 111 Å². The smallest absolute Gasteiger partial charge is 0.321 e. The van der Waals surface area contributed by atoms with Crippen molar-refractivity contribution in [1.29, 1.82) is 0 Å².